The van der Waals surface area contributed by atoms with Gasteiger partial charge in [-0.05, 0) is 30.7 Å². The molecule has 110 valence electrons. The van der Waals surface area contributed by atoms with Crippen LogP contribution in [0.15, 0.2) is 22.7 Å². The zero-order chi connectivity index (χ0) is 15.1. The van der Waals surface area contributed by atoms with Gasteiger partial charge in [0, 0.05) is 30.7 Å². The molecule has 0 saturated carbocycles. The summed E-state index contributed by atoms with van der Waals surface area (Å²) in [5.74, 6) is -0.378. The van der Waals surface area contributed by atoms with Crippen molar-refractivity contribution in [2.45, 2.75) is 13.8 Å². The maximum Gasteiger partial charge on any atom is 0.240 e. The van der Waals surface area contributed by atoms with Crippen LogP contribution >= 0.6 is 15.9 Å². The van der Waals surface area contributed by atoms with Crippen molar-refractivity contribution in [1.29, 1.82) is 0 Å². The number of benzene rings is 1. The van der Waals surface area contributed by atoms with Crippen LogP contribution in [0.4, 0.5) is 5.69 Å². The molecule has 0 aliphatic heterocycles. The highest BCUT2D eigenvalue weighted by Crippen LogP contribution is 2.23. The molecule has 0 heterocycles. The fourth-order valence-electron chi connectivity index (χ4n) is 1.78. The summed E-state index contributed by atoms with van der Waals surface area (Å²) in [6.07, 6.45) is 0. The van der Waals surface area contributed by atoms with Crippen LogP contribution in [-0.2, 0) is 14.3 Å². The summed E-state index contributed by atoms with van der Waals surface area (Å²) in [5, 5.41) is 2.70. The predicted octanol–water partition coefficient (Wildman–Crippen LogP) is 1.87. The van der Waals surface area contributed by atoms with Gasteiger partial charge >= 0.3 is 0 Å². The Hall–Kier alpha value is -1.40. The lowest BCUT2D eigenvalue weighted by Crippen LogP contribution is -2.41. The van der Waals surface area contributed by atoms with Crippen molar-refractivity contribution in [2.24, 2.45) is 0 Å². The van der Waals surface area contributed by atoms with E-state index >= 15 is 0 Å². The van der Waals surface area contributed by atoms with Gasteiger partial charge in [-0.3, -0.25) is 9.59 Å². The molecular weight excluding hydrogens is 324 g/mol. The lowest BCUT2D eigenvalue weighted by molar-refractivity contribution is -0.123. The zero-order valence-corrected chi connectivity index (χ0v) is 13.5. The summed E-state index contributed by atoms with van der Waals surface area (Å²) >= 11 is 3.38. The lowest BCUT2D eigenvalue weighted by Gasteiger charge is -2.22. The van der Waals surface area contributed by atoms with Crippen LogP contribution in [-0.4, -0.2) is 38.6 Å². The first-order valence-electron chi connectivity index (χ1n) is 6.25. The van der Waals surface area contributed by atoms with Crippen molar-refractivity contribution in [3.63, 3.8) is 0 Å². The number of anilines is 1. The predicted molar refractivity (Wildman–Crippen MR) is 81.8 cm³/mol. The zero-order valence-electron chi connectivity index (χ0n) is 11.9. The Morgan fingerprint density at radius 1 is 1.40 bits per heavy atom. The maximum atomic E-state index is 11.8. The Morgan fingerprint density at radius 3 is 2.65 bits per heavy atom. The van der Waals surface area contributed by atoms with Gasteiger partial charge < -0.3 is 15.0 Å². The highest BCUT2D eigenvalue weighted by molar-refractivity contribution is 9.10. The highest BCUT2D eigenvalue weighted by atomic mass is 79.9. The average Bonchev–Trinajstić information content (AvgIpc) is 2.37. The number of hydrogen-bond acceptors (Lipinski definition) is 3. The molecule has 1 aromatic carbocycles. The largest absolute Gasteiger partial charge is 0.383 e. The van der Waals surface area contributed by atoms with Crippen molar-refractivity contribution < 1.29 is 14.3 Å². The molecule has 5 nitrogen and oxygen atoms in total. The molecule has 0 atom stereocenters. The van der Waals surface area contributed by atoms with E-state index in [1.807, 2.05) is 25.1 Å². The van der Waals surface area contributed by atoms with E-state index in [9.17, 15) is 9.59 Å². The van der Waals surface area contributed by atoms with Crippen molar-refractivity contribution in [1.82, 2.24) is 5.32 Å². The Kier molecular flexibility index (Phi) is 6.67. The van der Waals surface area contributed by atoms with Gasteiger partial charge in [0.1, 0.15) is 6.54 Å². The third kappa shape index (κ3) is 4.94. The Labute approximate surface area is 127 Å². The number of hydrogen-bond donors (Lipinski definition) is 1. The van der Waals surface area contributed by atoms with Crippen LogP contribution in [0.5, 0.6) is 0 Å². The fraction of sp³-hybridized carbons (Fsp3) is 0.429. The van der Waals surface area contributed by atoms with Crippen molar-refractivity contribution in [2.75, 3.05) is 31.7 Å². The second-order valence-corrected chi connectivity index (χ2v) is 5.29. The van der Waals surface area contributed by atoms with Gasteiger partial charge in [-0.15, -0.1) is 0 Å². The van der Waals surface area contributed by atoms with Crippen LogP contribution in [0.3, 0.4) is 0 Å². The van der Waals surface area contributed by atoms with E-state index in [0.717, 1.165) is 15.7 Å². The molecular formula is C14H19BrN2O3. The van der Waals surface area contributed by atoms with Crippen molar-refractivity contribution in [3.8, 4) is 0 Å². The number of aryl methyl sites for hydroxylation is 1. The molecule has 0 unspecified atom stereocenters. The number of nitrogens with one attached hydrogen (secondary N) is 1. The third-order valence-corrected chi connectivity index (χ3v) is 3.25. The molecule has 1 aromatic rings. The number of carbonyl (C=O) groups is 2. The number of methoxy groups -OCH3 is 1. The fourth-order valence-corrected chi connectivity index (χ4v) is 2.26. The minimum Gasteiger partial charge on any atom is -0.383 e. The summed E-state index contributed by atoms with van der Waals surface area (Å²) in [6, 6.07) is 5.58. The first-order chi connectivity index (χ1) is 9.45. The Bertz CT molecular complexity index is 491. The number of rotatable bonds is 6. The van der Waals surface area contributed by atoms with E-state index in [1.165, 1.54) is 11.8 Å². The molecule has 0 aliphatic carbocycles. The second kappa shape index (κ2) is 8.01. The van der Waals surface area contributed by atoms with Gasteiger partial charge in [-0.1, -0.05) is 15.9 Å². The summed E-state index contributed by atoms with van der Waals surface area (Å²) < 4.78 is 5.80. The van der Waals surface area contributed by atoms with Gasteiger partial charge in [0.15, 0.2) is 0 Å². The smallest absolute Gasteiger partial charge is 0.240 e. The van der Waals surface area contributed by atoms with E-state index in [0.29, 0.717) is 13.2 Å². The average molecular weight is 343 g/mol. The van der Waals surface area contributed by atoms with E-state index in [-0.39, 0.29) is 18.4 Å². The number of amides is 2. The molecule has 0 saturated heterocycles. The minimum atomic E-state index is -0.209. The molecule has 20 heavy (non-hydrogen) atoms. The number of halogens is 1. The Morgan fingerprint density at radius 2 is 2.10 bits per heavy atom. The SMILES string of the molecule is COCCNC(=O)CN(C(C)=O)c1ccc(Br)cc1C. The molecule has 1 N–H and O–H groups in total. The molecule has 0 fully saturated rings. The number of ether oxygens (including phenoxy) is 1. The van der Waals surface area contributed by atoms with E-state index < -0.39 is 0 Å². The first-order valence-corrected chi connectivity index (χ1v) is 7.05. The van der Waals surface area contributed by atoms with Crippen LogP contribution in [0, 0.1) is 6.92 Å². The van der Waals surface area contributed by atoms with Gasteiger partial charge in [-0.25, -0.2) is 0 Å². The van der Waals surface area contributed by atoms with Crippen LogP contribution in [0.2, 0.25) is 0 Å². The molecule has 0 spiro atoms. The molecule has 6 heteroatoms. The molecule has 0 aromatic heterocycles. The van der Waals surface area contributed by atoms with Crippen molar-refractivity contribution >= 4 is 33.4 Å². The third-order valence-electron chi connectivity index (χ3n) is 2.76. The molecule has 2 amide bonds. The van der Waals surface area contributed by atoms with Crippen molar-refractivity contribution in [3.05, 3.63) is 28.2 Å². The highest BCUT2D eigenvalue weighted by Gasteiger charge is 2.17. The molecule has 0 aliphatic rings. The van der Waals surface area contributed by atoms with Gasteiger partial charge in [-0.2, -0.15) is 0 Å². The summed E-state index contributed by atoms with van der Waals surface area (Å²) in [6.45, 7) is 4.23. The summed E-state index contributed by atoms with van der Waals surface area (Å²) in [5.41, 5.74) is 1.67. The van der Waals surface area contributed by atoms with Gasteiger partial charge in [0.2, 0.25) is 11.8 Å². The second-order valence-electron chi connectivity index (χ2n) is 4.38. The quantitative estimate of drug-likeness (QED) is 0.803. The van der Waals surface area contributed by atoms with E-state index in [4.69, 9.17) is 4.74 Å². The molecule has 1 rings (SSSR count). The van der Waals surface area contributed by atoms with Crippen LogP contribution < -0.4 is 10.2 Å². The number of carbonyl (C=O) groups excluding carboxylic acids is 2. The minimum absolute atomic E-state index is 0.00151. The maximum absolute atomic E-state index is 11.8. The molecule has 0 bridgehead atoms. The first kappa shape index (κ1) is 16.7. The monoisotopic (exact) mass is 342 g/mol. The standard InChI is InChI=1S/C14H19BrN2O3/c1-10-8-12(15)4-5-13(10)17(11(2)18)9-14(19)16-6-7-20-3/h4-5,8H,6-7,9H2,1-3H3,(H,16,19). The van der Waals surface area contributed by atoms with E-state index in [1.54, 1.807) is 7.11 Å². The van der Waals surface area contributed by atoms with E-state index in [2.05, 4.69) is 21.2 Å². The normalized spacial score (nSPS) is 10.2. The Balaban J connectivity index is 2.79. The topological polar surface area (TPSA) is 58.6 Å². The van der Waals surface area contributed by atoms with Crippen LogP contribution in [0.1, 0.15) is 12.5 Å². The lowest BCUT2D eigenvalue weighted by atomic mass is 10.2. The van der Waals surface area contributed by atoms with Gasteiger partial charge in [0.05, 0.1) is 6.61 Å². The van der Waals surface area contributed by atoms with Gasteiger partial charge in [0.25, 0.3) is 0 Å². The molecule has 0 radical (unpaired) electrons. The summed E-state index contributed by atoms with van der Waals surface area (Å²) in [4.78, 5) is 25.0. The summed E-state index contributed by atoms with van der Waals surface area (Å²) in [7, 11) is 1.57. The number of nitrogens with zero attached hydrogens (tertiary/aromatic N) is 1. The van der Waals surface area contributed by atoms with Crippen LogP contribution in [0.25, 0.3) is 0 Å².